The summed E-state index contributed by atoms with van der Waals surface area (Å²) in [6.45, 7) is 1.97. The van der Waals surface area contributed by atoms with Crippen LogP contribution >= 0.6 is 24.8 Å². The molecule has 2 nitrogen and oxygen atoms in total. The Morgan fingerprint density at radius 2 is 1.50 bits per heavy atom. The highest BCUT2D eigenvalue weighted by Gasteiger charge is 2.32. The van der Waals surface area contributed by atoms with Gasteiger partial charge in [0.15, 0.2) is 0 Å². The van der Waals surface area contributed by atoms with Crippen LogP contribution in [0.5, 0.6) is 0 Å². The molecule has 1 aromatic rings. The molecule has 3 N–H and O–H groups in total. The van der Waals surface area contributed by atoms with Crippen molar-refractivity contribution in [2.45, 2.75) is 63.3 Å². The lowest BCUT2D eigenvalue weighted by atomic mass is 9.76. The van der Waals surface area contributed by atoms with E-state index in [1.54, 1.807) is 0 Å². The smallest absolute Gasteiger partial charge is 0.0434 e. The molecule has 0 radical (unpaired) electrons. The maximum Gasteiger partial charge on any atom is 0.0434 e. The number of nitrogens with one attached hydrogen (secondary N) is 1. The molecule has 0 aromatic heterocycles. The van der Waals surface area contributed by atoms with Crippen molar-refractivity contribution in [1.29, 1.82) is 0 Å². The van der Waals surface area contributed by atoms with Gasteiger partial charge >= 0.3 is 0 Å². The Balaban J connectivity index is 0.00000220. The third-order valence-electron chi connectivity index (χ3n) is 4.63. The Bertz CT molecular complexity index is 365. The van der Waals surface area contributed by atoms with Gasteiger partial charge in [0.05, 0.1) is 0 Å². The molecule has 0 bridgehead atoms. The summed E-state index contributed by atoms with van der Waals surface area (Å²) in [4.78, 5) is 0. The van der Waals surface area contributed by atoms with Crippen molar-refractivity contribution in [3.63, 3.8) is 0 Å². The molecule has 22 heavy (non-hydrogen) atoms. The van der Waals surface area contributed by atoms with Crippen LogP contribution in [0.2, 0.25) is 0 Å². The number of benzene rings is 1. The predicted octanol–water partition coefficient (Wildman–Crippen LogP) is 4.80. The average Bonchev–Trinajstić information content (AvgIpc) is 2.52. The van der Waals surface area contributed by atoms with Gasteiger partial charge in [-0.25, -0.2) is 0 Å². The third-order valence-corrected chi connectivity index (χ3v) is 4.63. The van der Waals surface area contributed by atoms with Crippen molar-refractivity contribution >= 4 is 24.8 Å². The summed E-state index contributed by atoms with van der Waals surface area (Å²) in [5, 5.41) is 3.90. The number of hydrogen-bond donors (Lipinski definition) is 2. The lowest BCUT2D eigenvalue weighted by Gasteiger charge is -2.39. The van der Waals surface area contributed by atoms with Gasteiger partial charge < -0.3 is 11.1 Å². The number of hydrogen-bond acceptors (Lipinski definition) is 2. The van der Waals surface area contributed by atoms with Crippen molar-refractivity contribution in [2.24, 2.45) is 5.73 Å². The van der Waals surface area contributed by atoms with Gasteiger partial charge in [-0.3, -0.25) is 0 Å². The Morgan fingerprint density at radius 3 is 2.14 bits per heavy atom. The SMILES string of the molecule is Cl.Cl.NCCCCCCNC1(c2ccccc2)CCCCC1. The van der Waals surface area contributed by atoms with Crippen molar-refractivity contribution in [3.05, 3.63) is 35.9 Å². The number of rotatable bonds is 8. The first-order valence-corrected chi connectivity index (χ1v) is 8.38. The zero-order valence-corrected chi connectivity index (χ0v) is 15.2. The molecule has 0 amide bonds. The Labute approximate surface area is 148 Å². The second kappa shape index (κ2) is 12.2. The van der Waals surface area contributed by atoms with E-state index in [0.29, 0.717) is 0 Å². The van der Waals surface area contributed by atoms with Crippen LogP contribution in [0, 0.1) is 0 Å². The van der Waals surface area contributed by atoms with E-state index in [1.165, 1.54) is 63.4 Å². The van der Waals surface area contributed by atoms with Crippen molar-refractivity contribution < 1.29 is 0 Å². The van der Waals surface area contributed by atoms with Gasteiger partial charge in [-0.05, 0) is 44.3 Å². The van der Waals surface area contributed by atoms with E-state index in [-0.39, 0.29) is 30.4 Å². The molecular formula is C18H32Cl2N2. The monoisotopic (exact) mass is 346 g/mol. The molecule has 0 spiro atoms. The highest BCUT2D eigenvalue weighted by atomic mass is 35.5. The Kier molecular flexibility index (Phi) is 12.0. The molecular weight excluding hydrogens is 315 g/mol. The van der Waals surface area contributed by atoms with Gasteiger partial charge in [-0.15, -0.1) is 24.8 Å². The zero-order valence-electron chi connectivity index (χ0n) is 13.6. The van der Waals surface area contributed by atoms with Crippen molar-refractivity contribution in [1.82, 2.24) is 5.32 Å². The minimum absolute atomic E-state index is 0. The van der Waals surface area contributed by atoms with E-state index >= 15 is 0 Å². The van der Waals surface area contributed by atoms with E-state index in [0.717, 1.165) is 13.1 Å². The fourth-order valence-electron chi connectivity index (χ4n) is 3.43. The molecule has 1 saturated carbocycles. The summed E-state index contributed by atoms with van der Waals surface area (Å²) in [7, 11) is 0. The number of unbranched alkanes of at least 4 members (excludes halogenated alkanes) is 3. The van der Waals surface area contributed by atoms with Crippen LogP contribution in [0.3, 0.4) is 0 Å². The second-order valence-electron chi connectivity index (χ2n) is 6.14. The minimum Gasteiger partial charge on any atom is -0.330 e. The second-order valence-corrected chi connectivity index (χ2v) is 6.14. The molecule has 4 heteroatoms. The Morgan fingerprint density at radius 1 is 0.864 bits per heavy atom. The summed E-state index contributed by atoms with van der Waals surface area (Å²) in [6.07, 6.45) is 11.7. The quantitative estimate of drug-likeness (QED) is 0.663. The third kappa shape index (κ3) is 6.45. The highest BCUT2D eigenvalue weighted by Crippen LogP contribution is 2.36. The average molecular weight is 347 g/mol. The van der Waals surface area contributed by atoms with Gasteiger partial charge in [-0.2, -0.15) is 0 Å². The molecule has 1 aliphatic carbocycles. The van der Waals surface area contributed by atoms with Gasteiger partial charge in [-0.1, -0.05) is 62.4 Å². The van der Waals surface area contributed by atoms with Crippen LogP contribution in [0.4, 0.5) is 0 Å². The van der Waals surface area contributed by atoms with Crippen LogP contribution in [-0.4, -0.2) is 13.1 Å². The van der Waals surface area contributed by atoms with Crippen LogP contribution in [-0.2, 0) is 5.54 Å². The first-order chi connectivity index (χ1) is 9.87. The molecule has 0 heterocycles. The molecule has 128 valence electrons. The fraction of sp³-hybridized carbons (Fsp3) is 0.667. The molecule has 0 atom stereocenters. The first-order valence-electron chi connectivity index (χ1n) is 8.38. The number of halogens is 2. The normalized spacial score (nSPS) is 16.4. The van der Waals surface area contributed by atoms with Crippen molar-refractivity contribution in [3.8, 4) is 0 Å². The van der Waals surface area contributed by atoms with Crippen LogP contribution in [0.1, 0.15) is 63.4 Å². The van der Waals surface area contributed by atoms with Gasteiger partial charge in [0.2, 0.25) is 0 Å². The summed E-state index contributed by atoms with van der Waals surface area (Å²) in [6, 6.07) is 11.1. The summed E-state index contributed by atoms with van der Waals surface area (Å²) < 4.78 is 0. The standard InChI is InChI=1S/C18H30N2.2ClH/c19-15-9-1-2-10-16-20-18(13-7-4-8-14-18)17-11-5-3-6-12-17;;/h3,5-6,11-12,20H,1-2,4,7-10,13-16,19H2;2*1H. The van der Waals surface area contributed by atoms with E-state index < -0.39 is 0 Å². The first kappa shape index (κ1) is 21.7. The minimum atomic E-state index is 0. The van der Waals surface area contributed by atoms with E-state index in [2.05, 4.69) is 35.6 Å². The van der Waals surface area contributed by atoms with Gasteiger partial charge in [0.25, 0.3) is 0 Å². The van der Waals surface area contributed by atoms with Crippen LogP contribution in [0.15, 0.2) is 30.3 Å². The lowest BCUT2D eigenvalue weighted by Crippen LogP contribution is -2.44. The zero-order chi connectivity index (χ0) is 14.1. The van der Waals surface area contributed by atoms with Crippen LogP contribution < -0.4 is 11.1 Å². The molecule has 0 aliphatic heterocycles. The topological polar surface area (TPSA) is 38.0 Å². The fourth-order valence-corrected chi connectivity index (χ4v) is 3.43. The molecule has 0 saturated heterocycles. The molecule has 0 unspecified atom stereocenters. The van der Waals surface area contributed by atoms with Crippen LogP contribution in [0.25, 0.3) is 0 Å². The largest absolute Gasteiger partial charge is 0.330 e. The summed E-state index contributed by atoms with van der Waals surface area (Å²) >= 11 is 0. The maximum atomic E-state index is 5.54. The predicted molar refractivity (Wildman–Crippen MR) is 101 cm³/mol. The summed E-state index contributed by atoms with van der Waals surface area (Å²) in [5.74, 6) is 0. The maximum absolute atomic E-state index is 5.54. The number of nitrogens with two attached hydrogens (primary N) is 1. The lowest BCUT2D eigenvalue weighted by molar-refractivity contribution is 0.232. The molecule has 1 fully saturated rings. The van der Waals surface area contributed by atoms with Crippen molar-refractivity contribution in [2.75, 3.05) is 13.1 Å². The highest BCUT2D eigenvalue weighted by molar-refractivity contribution is 5.85. The molecule has 1 aliphatic rings. The van der Waals surface area contributed by atoms with Gasteiger partial charge in [0.1, 0.15) is 0 Å². The van der Waals surface area contributed by atoms with E-state index in [9.17, 15) is 0 Å². The van der Waals surface area contributed by atoms with Gasteiger partial charge in [0, 0.05) is 5.54 Å². The van der Waals surface area contributed by atoms with E-state index in [4.69, 9.17) is 5.73 Å². The van der Waals surface area contributed by atoms with E-state index in [1.807, 2.05) is 0 Å². The summed E-state index contributed by atoms with van der Waals surface area (Å²) in [5.41, 5.74) is 7.27. The molecule has 2 rings (SSSR count). The Hall–Kier alpha value is -0.280. The molecule has 1 aromatic carbocycles.